The summed E-state index contributed by atoms with van der Waals surface area (Å²) >= 11 is 1.15. The molecule has 1 atom stereocenters. The molecule has 1 aromatic carbocycles. The maximum Gasteiger partial charge on any atom is 0.573 e. The molecule has 2 aromatic rings. The van der Waals surface area contributed by atoms with E-state index in [1.165, 1.54) is 16.8 Å². The van der Waals surface area contributed by atoms with E-state index in [0.717, 1.165) is 23.9 Å². The Hall–Kier alpha value is -2.30. The highest BCUT2D eigenvalue weighted by Gasteiger charge is 2.31. The minimum atomic E-state index is -4.75. The predicted molar refractivity (Wildman–Crippen MR) is 89.0 cm³/mol. The van der Waals surface area contributed by atoms with Crippen LogP contribution in [0.25, 0.3) is 5.69 Å². The van der Waals surface area contributed by atoms with Crippen molar-refractivity contribution in [1.82, 2.24) is 25.5 Å². The van der Waals surface area contributed by atoms with Crippen molar-refractivity contribution in [2.75, 3.05) is 6.54 Å². The minimum Gasteiger partial charge on any atom is -0.406 e. The lowest BCUT2D eigenvalue weighted by Crippen LogP contribution is -2.33. The normalized spacial score (nSPS) is 12.9. The van der Waals surface area contributed by atoms with Gasteiger partial charge in [0.1, 0.15) is 5.75 Å². The van der Waals surface area contributed by atoms with Crippen LogP contribution < -0.4 is 10.1 Å². The highest BCUT2D eigenvalue weighted by atomic mass is 32.2. The lowest BCUT2D eigenvalue weighted by Gasteiger charge is -2.13. The second kappa shape index (κ2) is 8.39. The van der Waals surface area contributed by atoms with Crippen molar-refractivity contribution >= 4 is 17.7 Å². The molecule has 0 aliphatic heterocycles. The molecule has 7 nitrogen and oxygen atoms in total. The highest BCUT2D eigenvalue weighted by molar-refractivity contribution is 8.00. The Labute approximate surface area is 152 Å². The van der Waals surface area contributed by atoms with E-state index < -0.39 is 11.6 Å². The summed E-state index contributed by atoms with van der Waals surface area (Å²) in [6.45, 7) is 6.27. The van der Waals surface area contributed by atoms with Crippen LogP contribution in [-0.2, 0) is 4.79 Å². The quantitative estimate of drug-likeness (QED) is 0.734. The third kappa shape index (κ3) is 5.90. The van der Waals surface area contributed by atoms with Gasteiger partial charge >= 0.3 is 6.36 Å². The number of halogens is 3. The Kier molecular flexibility index (Phi) is 6.46. The van der Waals surface area contributed by atoms with Crippen LogP contribution in [0.15, 0.2) is 29.4 Å². The zero-order valence-corrected chi connectivity index (χ0v) is 15.1. The van der Waals surface area contributed by atoms with Crippen molar-refractivity contribution in [3.63, 3.8) is 0 Å². The third-order valence-electron chi connectivity index (χ3n) is 3.09. The Bertz CT molecular complexity index is 734. The molecule has 142 valence electrons. The molecule has 0 unspecified atom stereocenters. The van der Waals surface area contributed by atoms with Crippen molar-refractivity contribution < 1.29 is 22.7 Å². The molecule has 0 aliphatic rings. The second-order valence-electron chi connectivity index (χ2n) is 5.81. The first-order valence-corrected chi connectivity index (χ1v) is 8.62. The topological polar surface area (TPSA) is 81.9 Å². The number of aromatic nitrogens is 4. The molecule has 11 heteroatoms. The SMILES string of the molecule is CC(C)CNC(=O)[C@@H](C)Sc1nnnn1-c1ccc(OC(F)(F)F)cc1. The lowest BCUT2D eigenvalue weighted by molar-refractivity contribution is -0.274. The summed E-state index contributed by atoms with van der Waals surface area (Å²) in [5.41, 5.74) is 0.446. The number of alkyl halides is 3. The third-order valence-corrected chi connectivity index (χ3v) is 4.12. The maximum absolute atomic E-state index is 12.2. The first kappa shape index (κ1) is 20.0. The van der Waals surface area contributed by atoms with Gasteiger partial charge in [0.25, 0.3) is 0 Å². The molecule has 0 bridgehead atoms. The zero-order chi connectivity index (χ0) is 19.3. The van der Waals surface area contributed by atoms with E-state index in [-0.39, 0.29) is 11.7 Å². The van der Waals surface area contributed by atoms with Crippen molar-refractivity contribution in [1.29, 1.82) is 0 Å². The molecule has 1 amide bonds. The van der Waals surface area contributed by atoms with Gasteiger partial charge in [0.05, 0.1) is 10.9 Å². The van der Waals surface area contributed by atoms with Crippen molar-refractivity contribution in [3.05, 3.63) is 24.3 Å². The average Bonchev–Trinajstić information content (AvgIpc) is 2.99. The molecule has 1 aromatic heterocycles. The second-order valence-corrected chi connectivity index (χ2v) is 7.12. The summed E-state index contributed by atoms with van der Waals surface area (Å²) in [5.74, 6) is -0.156. The number of carbonyl (C=O) groups excluding carboxylic acids is 1. The van der Waals surface area contributed by atoms with Crippen LogP contribution in [0.2, 0.25) is 0 Å². The fourth-order valence-electron chi connectivity index (χ4n) is 1.86. The van der Waals surface area contributed by atoms with E-state index in [0.29, 0.717) is 23.3 Å². The minimum absolute atomic E-state index is 0.146. The summed E-state index contributed by atoms with van der Waals surface area (Å²) in [4.78, 5) is 12.1. The largest absolute Gasteiger partial charge is 0.573 e. The summed E-state index contributed by atoms with van der Waals surface area (Å²) < 4.78 is 41.8. The molecule has 0 saturated carbocycles. The van der Waals surface area contributed by atoms with Gasteiger partial charge in [0, 0.05) is 6.54 Å². The zero-order valence-electron chi connectivity index (χ0n) is 14.3. The molecule has 0 aliphatic carbocycles. The summed E-state index contributed by atoms with van der Waals surface area (Å²) in [6, 6.07) is 5.12. The van der Waals surface area contributed by atoms with Crippen molar-refractivity contribution in [3.8, 4) is 11.4 Å². The Balaban J connectivity index is 2.07. The van der Waals surface area contributed by atoms with Crippen LogP contribution in [0, 0.1) is 5.92 Å². The van der Waals surface area contributed by atoms with E-state index in [9.17, 15) is 18.0 Å². The highest BCUT2D eigenvalue weighted by Crippen LogP contribution is 2.26. The number of hydrogen-bond donors (Lipinski definition) is 1. The van der Waals surface area contributed by atoms with Crippen LogP contribution >= 0.6 is 11.8 Å². The van der Waals surface area contributed by atoms with E-state index in [4.69, 9.17) is 0 Å². The molecule has 1 heterocycles. The number of hydrogen-bond acceptors (Lipinski definition) is 6. The maximum atomic E-state index is 12.2. The van der Waals surface area contributed by atoms with Gasteiger partial charge in [-0.1, -0.05) is 25.6 Å². The van der Waals surface area contributed by atoms with Gasteiger partial charge < -0.3 is 10.1 Å². The molecule has 2 rings (SSSR count). The molecular formula is C15H18F3N5O2S. The van der Waals surface area contributed by atoms with E-state index in [2.05, 4.69) is 25.6 Å². The van der Waals surface area contributed by atoms with Gasteiger partial charge in [-0.3, -0.25) is 4.79 Å². The number of nitrogens with one attached hydrogen (secondary N) is 1. The van der Waals surface area contributed by atoms with Crippen LogP contribution in [0.4, 0.5) is 13.2 Å². The standard InChI is InChI=1S/C15H18F3N5O2S/c1-9(2)8-19-13(24)10(3)26-14-20-21-22-23(14)11-4-6-12(7-5-11)25-15(16,17)18/h4-7,9-10H,8H2,1-3H3,(H,19,24)/t10-/m1/s1. The predicted octanol–water partition coefficient (Wildman–Crippen LogP) is 2.81. The summed E-state index contributed by atoms with van der Waals surface area (Å²) in [5, 5.41) is 14.0. The number of ether oxygens (including phenoxy) is 1. The van der Waals surface area contributed by atoms with Crippen molar-refractivity contribution in [2.45, 2.75) is 37.5 Å². The van der Waals surface area contributed by atoms with Crippen LogP contribution in [-0.4, -0.2) is 44.3 Å². The van der Waals surface area contributed by atoms with E-state index >= 15 is 0 Å². The fraction of sp³-hybridized carbons (Fsp3) is 0.467. The number of nitrogens with zero attached hydrogens (tertiary/aromatic N) is 4. The van der Waals surface area contributed by atoms with Gasteiger partial charge in [-0.05, 0) is 47.5 Å². The Morgan fingerprint density at radius 3 is 2.50 bits per heavy atom. The number of carbonyl (C=O) groups is 1. The first-order chi connectivity index (χ1) is 12.2. The number of benzene rings is 1. The molecule has 26 heavy (non-hydrogen) atoms. The average molecular weight is 389 g/mol. The van der Waals surface area contributed by atoms with Gasteiger partial charge in [-0.15, -0.1) is 18.3 Å². The Morgan fingerprint density at radius 1 is 1.27 bits per heavy atom. The van der Waals surface area contributed by atoms with Gasteiger partial charge in [0.15, 0.2) is 0 Å². The molecule has 0 spiro atoms. The number of thioether (sulfide) groups is 1. The monoisotopic (exact) mass is 389 g/mol. The van der Waals surface area contributed by atoms with Crippen LogP contribution in [0.5, 0.6) is 5.75 Å². The summed E-state index contributed by atoms with van der Waals surface area (Å²) in [6.07, 6.45) is -4.75. The van der Waals surface area contributed by atoms with E-state index in [1.54, 1.807) is 6.92 Å². The van der Waals surface area contributed by atoms with Gasteiger partial charge in [-0.25, -0.2) is 0 Å². The van der Waals surface area contributed by atoms with Gasteiger partial charge in [0.2, 0.25) is 11.1 Å². The summed E-state index contributed by atoms with van der Waals surface area (Å²) in [7, 11) is 0. The lowest BCUT2D eigenvalue weighted by atomic mass is 10.2. The molecular weight excluding hydrogens is 371 g/mol. The molecule has 0 fully saturated rings. The van der Waals surface area contributed by atoms with Crippen LogP contribution in [0.3, 0.4) is 0 Å². The smallest absolute Gasteiger partial charge is 0.406 e. The van der Waals surface area contributed by atoms with Gasteiger partial charge in [-0.2, -0.15) is 4.68 Å². The number of rotatable bonds is 7. The molecule has 0 radical (unpaired) electrons. The number of amides is 1. The van der Waals surface area contributed by atoms with E-state index in [1.807, 2.05) is 13.8 Å². The Morgan fingerprint density at radius 2 is 1.92 bits per heavy atom. The number of tetrazole rings is 1. The van der Waals surface area contributed by atoms with Crippen LogP contribution in [0.1, 0.15) is 20.8 Å². The van der Waals surface area contributed by atoms with Crippen molar-refractivity contribution in [2.24, 2.45) is 5.92 Å². The first-order valence-electron chi connectivity index (χ1n) is 7.74. The molecule has 1 N–H and O–H groups in total. The molecule has 0 saturated heterocycles. The fourth-order valence-corrected chi connectivity index (χ4v) is 2.70.